The maximum atomic E-state index is 13.2. The van der Waals surface area contributed by atoms with Gasteiger partial charge in [0, 0.05) is 0 Å². The molecular formula is C11H15FO. The summed E-state index contributed by atoms with van der Waals surface area (Å²) in [6.07, 6.45) is 0.948. The molecule has 0 heterocycles. The molecule has 0 saturated carbocycles. The number of hydrogen-bond donors (Lipinski definition) is 0. The van der Waals surface area contributed by atoms with E-state index in [1.165, 1.54) is 6.07 Å². The first kappa shape index (κ1) is 10.0. The number of halogens is 1. The molecule has 1 aromatic carbocycles. The molecule has 1 aromatic rings. The van der Waals surface area contributed by atoms with E-state index in [0.29, 0.717) is 5.75 Å². The van der Waals surface area contributed by atoms with E-state index in [-0.39, 0.29) is 11.9 Å². The van der Waals surface area contributed by atoms with Gasteiger partial charge in [-0.3, -0.25) is 0 Å². The van der Waals surface area contributed by atoms with Gasteiger partial charge < -0.3 is 4.74 Å². The average Bonchev–Trinajstić information content (AvgIpc) is 2.11. The van der Waals surface area contributed by atoms with Crippen molar-refractivity contribution < 1.29 is 9.13 Å². The third-order valence-corrected chi connectivity index (χ3v) is 2.06. The summed E-state index contributed by atoms with van der Waals surface area (Å²) in [6, 6.07) is 4.96. The molecule has 0 radical (unpaired) electrons. The standard InChI is InChI=1S/C11H15FO/c1-4-9(3)13-11-8(2)6-5-7-10(11)12/h5-7,9H,4H2,1-3H3. The van der Waals surface area contributed by atoms with Crippen molar-refractivity contribution in [2.45, 2.75) is 33.3 Å². The van der Waals surface area contributed by atoms with Gasteiger partial charge in [0.25, 0.3) is 0 Å². The summed E-state index contributed by atoms with van der Waals surface area (Å²) in [5.74, 6) is 0.108. The number of para-hydroxylation sites is 1. The largest absolute Gasteiger partial charge is 0.487 e. The van der Waals surface area contributed by atoms with Crippen LogP contribution < -0.4 is 4.74 Å². The number of hydrogen-bond acceptors (Lipinski definition) is 1. The molecule has 1 unspecified atom stereocenters. The van der Waals surface area contributed by atoms with Crippen molar-refractivity contribution in [2.75, 3.05) is 0 Å². The molecule has 1 nitrogen and oxygen atoms in total. The van der Waals surface area contributed by atoms with Crippen LogP contribution in [-0.2, 0) is 0 Å². The monoisotopic (exact) mass is 182 g/mol. The molecule has 0 spiro atoms. The van der Waals surface area contributed by atoms with E-state index in [0.717, 1.165) is 12.0 Å². The van der Waals surface area contributed by atoms with Crippen LogP contribution in [0.2, 0.25) is 0 Å². The second kappa shape index (κ2) is 4.26. The van der Waals surface area contributed by atoms with Crippen LogP contribution in [0.25, 0.3) is 0 Å². The van der Waals surface area contributed by atoms with Crippen LogP contribution >= 0.6 is 0 Å². The highest BCUT2D eigenvalue weighted by Gasteiger charge is 2.08. The summed E-state index contributed by atoms with van der Waals surface area (Å²) < 4.78 is 18.7. The zero-order valence-corrected chi connectivity index (χ0v) is 8.30. The van der Waals surface area contributed by atoms with E-state index in [2.05, 4.69) is 0 Å². The Hall–Kier alpha value is -1.05. The summed E-state index contributed by atoms with van der Waals surface area (Å²) in [4.78, 5) is 0. The second-order valence-corrected chi connectivity index (χ2v) is 3.22. The van der Waals surface area contributed by atoms with E-state index in [9.17, 15) is 4.39 Å². The Bertz CT molecular complexity index is 263. The Labute approximate surface area is 78.5 Å². The number of benzene rings is 1. The molecule has 0 bridgehead atoms. The van der Waals surface area contributed by atoms with Crippen molar-refractivity contribution in [3.8, 4) is 5.75 Å². The molecule has 13 heavy (non-hydrogen) atoms. The van der Waals surface area contributed by atoms with E-state index in [1.807, 2.05) is 26.8 Å². The predicted octanol–water partition coefficient (Wildman–Crippen LogP) is 3.31. The fourth-order valence-electron chi connectivity index (χ4n) is 1.05. The quantitative estimate of drug-likeness (QED) is 0.696. The van der Waals surface area contributed by atoms with Crippen LogP contribution in [0.1, 0.15) is 25.8 Å². The molecule has 2 heteroatoms. The SMILES string of the molecule is CCC(C)Oc1c(C)cccc1F. The van der Waals surface area contributed by atoms with Gasteiger partial charge in [-0.15, -0.1) is 0 Å². The summed E-state index contributed by atoms with van der Waals surface area (Å²) in [7, 11) is 0. The Morgan fingerprint density at radius 1 is 1.46 bits per heavy atom. The topological polar surface area (TPSA) is 9.23 Å². The van der Waals surface area contributed by atoms with E-state index >= 15 is 0 Å². The molecule has 0 aromatic heterocycles. The molecule has 0 saturated heterocycles. The first-order valence-electron chi connectivity index (χ1n) is 4.57. The van der Waals surface area contributed by atoms with E-state index < -0.39 is 0 Å². The summed E-state index contributed by atoms with van der Waals surface area (Å²) in [5, 5.41) is 0. The normalized spacial score (nSPS) is 12.6. The predicted molar refractivity (Wildman–Crippen MR) is 51.5 cm³/mol. The second-order valence-electron chi connectivity index (χ2n) is 3.22. The molecule has 1 rings (SSSR count). The van der Waals surface area contributed by atoms with Crippen LogP contribution in [0, 0.1) is 12.7 Å². The Kier molecular flexibility index (Phi) is 3.29. The van der Waals surface area contributed by atoms with Crippen molar-refractivity contribution >= 4 is 0 Å². The fraction of sp³-hybridized carbons (Fsp3) is 0.455. The van der Waals surface area contributed by atoms with Gasteiger partial charge in [0.2, 0.25) is 0 Å². The molecule has 0 amide bonds. The van der Waals surface area contributed by atoms with Gasteiger partial charge in [0.15, 0.2) is 11.6 Å². The molecule has 0 aliphatic heterocycles. The third-order valence-electron chi connectivity index (χ3n) is 2.06. The van der Waals surface area contributed by atoms with Gasteiger partial charge in [-0.1, -0.05) is 19.1 Å². The van der Waals surface area contributed by atoms with Crippen molar-refractivity contribution in [1.29, 1.82) is 0 Å². The number of ether oxygens (including phenoxy) is 1. The zero-order chi connectivity index (χ0) is 9.84. The lowest BCUT2D eigenvalue weighted by molar-refractivity contribution is 0.206. The Balaban J connectivity index is 2.87. The molecule has 0 aliphatic rings. The highest BCUT2D eigenvalue weighted by Crippen LogP contribution is 2.23. The highest BCUT2D eigenvalue weighted by atomic mass is 19.1. The van der Waals surface area contributed by atoms with Gasteiger partial charge in [-0.25, -0.2) is 4.39 Å². The molecule has 0 aliphatic carbocycles. The molecular weight excluding hydrogens is 167 g/mol. The van der Waals surface area contributed by atoms with E-state index in [4.69, 9.17) is 4.74 Å². The van der Waals surface area contributed by atoms with Crippen LogP contribution in [0.3, 0.4) is 0 Å². The lowest BCUT2D eigenvalue weighted by atomic mass is 10.2. The molecule has 1 atom stereocenters. The van der Waals surface area contributed by atoms with Crippen LogP contribution in [0.15, 0.2) is 18.2 Å². The highest BCUT2D eigenvalue weighted by molar-refractivity contribution is 5.33. The zero-order valence-electron chi connectivity index (χ0n) is 8.30. The van der Waals surface area contributed by atoms with Crippen LogP contribution in [-0.4, -0.2) is 6.10 Å². The molecule has 0 N–H and O–H groups in total. The lowest BCUT2D eigenvalue weighted by Gasteiger charge is -2.14. The summed E-state index contributed by atoms with van der Waals surface area (Å²) in [6.45, 7) is 5.80. The van der Waals surface area contributed by atoms with Crippen molar-refractivity contribution in [1.82, 2.24) is 0 Å². The average molecular weight is 182 g/mol. The van der Waals surface area contributed by atoms with Gasteiger partial charge in [-0.2, -0.15) is 0 Å². The first-order valence-corrected chi connectivity index (χ1v) is 4.57. The van der Waals surface area contributed by atoms with Gasteiger partial charge >= 0.3 is 0 Å². The van der Waals surface area contributed by atoms with Gasteiger partial charge in [0.05, 0.1) is 6.10 Å². The first-order chi connectivity index (χ1) is 6.15. The minimum Gasteiger partial charge on any atom is -0.487 e. The van der Waals surface area contributed by atoms with E-state index in [1.54, 1.807) is 6.07 Å². The number of rotatable bonds is 3. The van der Waals surface area contributed by atoms with Crippen LogP contribution in [0.4, 0.5) is 4.39 Å². The number of aryl methyl sites for hydroxylation is 1. The third kappa shape index (κ3) is 2.44. The minimum atomic E-state index is -0.277. The minimum absolute atomic E-state index is 0.0654. The molecule has 0 fully saturated rings. The fourth-order valence-corrected chi connectivity index (χ4v) is 1.05. The maximum Gasteiger partial charge on any atom is 0.165 e. The Morgan fingerprint density at radius 3 is 2.69 bits per heavy atom. The Morgan fingerprint density at radius 2 is 2.15 bits per heavy atom. The van der Waals surface area contributed by atoms with Gasteiger partial charge in [-0.05, 0) is 31.9 Å². The maximum absolute atomic E-state index is 13.2. The van der Waals surface area contributed by atoms with Crippen LogP contribution in [0.5, 0.6) is 5.75 Å². The molecule has 72 valence electrons. The van der Waals surface area contributed by atoms with Crippen molar-refractivity contribution in [2.24, 2.45) is 0 Å². The summed E-state index contributed by atoms with van der Waals surface area (Å²) >= 11 is 0. The van der Waals surface area contributed by atoms with Crippen molar-refractivity contribution in [3.05, 3.63) is 29.6 Å². The lowest BCUT2D eigenvalue weighted by Crippen LogP contribution is -2.11. The summed E-state index contributed by atoms with van der Waals surface area (Å²) in [5.41, 5.74) is 0.848. The van der Waals surface area contributed by atoms with Gasteiger partial charge in [0.1, 0.15) is 0 Å². The smallest absolute Gasteiger partial charge is 0.165 e. The van der Waals surface area contributed by atoms with Crippen molar-refractivity contribution in [3.63, 3.8) is 0 Å².